The van der Waals surface area contributed by atoms with E-state index in [1.165, 1.54) is 6.92 Å². The number of Topliss-reactive ketones (excluding diaryl/α,β-unsaturated/α-hetero) is 1. The third kappa shape index (κ3) is 2.41. The van der Waals surface area contributed by atoms with Gasteiger partial charge in [0.15, 0.2) is 17.2 Å². The van der Waals surface area contributed by atoms with Crippen LogP contribution in [0.2, 0.25) is 0 Å². The highest BCUT2D eigenvalue weighted by Gasteiger charge is 2.67. The van der Waals surface area contributed by atoms with Crippen molar-refractivity contribution in [3.8, 4) is 0 Å². The number of allylic oxidation sites excluding steroid dienone is 4. The Hall–Kier alpha value is -1.42. The molecule has 0 amide bonds. The second-order valence-corrected chi connectivity index (χ2v) is 11.1. The standard InChI is InChI=1S/C24H29ClO4/c1-12(26)29-23(3)8-6-15-13-10-19(25)18-11-20(27)14-9-17(14)24(18,4)16(13)5-7-22(15,2)21(23)28/h10-11,13-17H,5-9H2,1-4H3/t13-,14+,15-,16-,17-,22-,23+,24-/m0/s1. The maximum atomic E-state index is 13.6. The van der Waals surface area contributed by atoms with Crippen LogP contribution in [0.15, 0.2) is 22.8 Å². The molecular weight excluding hydrogens is 388 g/mol. The van der Waals surface area contributed by atoms with E-state index in [0.29, 0.717) is 23.3 Å². The molecular formula is C24H29ClO4. The molecule has 5 rings (SSSR count). The summed E-state index contributed by atoms with van der Waals surface area (Å²) in [4.78, 5) is 37.6. The van der Waals surface area contributed by atoms with Gasteiger partial charge >= 0.3 is 5.97 Å². The molecule has 0 spiro atoms. The molecule has 0 aliphatic heterocycles. The van der Waals surface area contributed by atoms with Crippen molar-refractivity contribution in [3.63, 3.8) is 0 Å². The number of esters is 1. The van der Waals surface area contributed by atoms with Crippen molar-refractivity contribution in [2.45, 2.75) is 65.4 Å². The van der Waals surface area contributed by atoms with Gasteiger partial charge in [0.1, 0.15) is 0 Å². The predicted octanol–water partition coefficient (Wildman–Crippen LogP) is 4.61. The van der Waals surface area contributed by atoms with Crippen LogP contribution < -0.4 is 0 Å². The van der Waals surface area contributed by atoms with E-state index in [1.54, 1.807) is 13.0 Å². The summed E-state index contributed by atoms with van der Waals surface area (Å²) in [5.74, 6) is 1.28. The average molecular weight is 417 g/mol. The van der Waals surface area contributed by atoms with E-state index in [9.17, 15) is 14.4 Å². The van der Waals surface area contributed by atoms with E-state index in [-0.39, 0.29) is 34.7 Å². The van der Waals surface area contributed by atoms with Gasteiger partial charge in [0, 0.05) is 28.7 Å². The van der Waals surface area contributed by atoms with Crippen LogP contribution in [-0.2, 0) is 19.1 Å². The molecule has 5 aliphatic rings. The predicted molar refractivity (Wildman–Crippen MR) is 109 cm³/mol. The number of halogens is 1. The summed E-state index contributed by atoms with van der Waals surface area (Å²) in [6, 6.07) is 0. The maximum absolute atomic E-state index is 13.6. The fraction of sp³-hybridized carbons (Fsp3) is 0.708. The van der Waals surface area contributed by atoms with Gasteiger partial charge in [-0.15, -0.1) is 0 Å². The number of rotatable bonds is 1. The zero-order valence-electron chi connectivity index (χ0n) is 17.6. The molecule has 0 unspecified atom stereocenters. The van der Waals surface area contributed by atoms with Crippen molar-refractivity contribution in [1.29, 1.82) is 0 Å². The van der Waals surface area contributed by atoms with Gasteiger partial charge in [-0.1, -0.05) is 31.5 Å². The molecule has 3 fully saturated rings. The summed E-state index contributed by atoms with van der Waals surface area (Å²) in [5, 5.41) is 0.706. The lowest BCUT2D eigenvalue weighted by Gasteiger charge is -2.59. The number of ketones is 2. The zero-order chi connectivity index (χ0) is 20.9. The average Bonchev–Trinajstić information content (AvgIpc) is 3.43. The van der Waals surface area contributed by atoms with Crippen molar-refractivity contribution in [3.05, 3.63) is 22.8 Å². The summed E-state index contributed by atoms with van der Waals surface area (Å²) in [5.41, 5.74) is -0.585. The lowest BCUT2D eigenvalue weighted by Crippen LogP contribution is -2.61. The van der Waals surface area contributed by atoms with Crippen molar-refractivity contribution < 1.29 is 19.1 Å². The van der Waals surface area contributed by atoms with Gasteiger partial charge in [-0.05, 0) is 74.3 Å². The minimum absolute atomic E-state index is 0.0639. The highest BCUT2D eigenvalue weighted by molar-refractivity contribution is 6.32. The minimum Gasteiger partial charge on any atom is -0.452 e. The van der Waals surface area contributed by atoms with Crippen LogP contribution in [0.5, 0.6) is 0 Å². The molecule has 8 atom stereocenters. The first kappa shape index (κ1) is 19.5. The lowest BCUT2D eigenvalue weighted by atomic mass is 9.45. The molecule has 0 aromatic heterocycles. The van der Waals surface area contributed by atoms with E-state index in [1.807, 2.05) is 0 Å². The first-order valence-corrected chi connectivity index (χ1v) is 11.3. The van der Waals surface area contributed by atoms with Crippen LogP contribution in [0, 0.1) is 40.4 Å². The first-order valence-electron chi connectivity index (χ1n) is 10.9. The van der Waals surface area contributed by atoms with Crippen LogP contribution >= 0.6 is 11.6 Å². The zero-order valence-corrected chi connectivity index (χ0v) is 18.3. The Labute approximate surface area is 177 Å². The number of hydrogen-bond acceptors (Lipinski definition) is 4. The van der Waals surface area contributed by atoms with E-state index >= 15 is 0 Å². The van der Waals surface area contributed by atoms with Crippen molar-refractivity contribution in [2.75, 3.05) is 0 Å². The smallest absolute Gasteiger partial charge is 0.303 e. The van der Waals surface area contributed by atoms with Crippen LogP contribution in [0.4, 0.5) is 0 Å². The molecule has 0 N–H and O–H groups in total. The van der Waals surface area contributed by atoms with Crippen LogP contribution in [-0.4, -0.2) is 23.1 Å². The number of fused-ring (bicyclic) bond motifs is 7. The normalized spacial score (nSPS) is 50.3. The summed E-state index contributed by atoms with van der Waals surface area (Å²) < 4.78 is 5.53. The summed E-state index contributed by atoms with van der Waals surface area (Å²) in [6.07, 6.45) is 8.05. The highest BCUT2D eigenvalue weighted by atomic mass is 35.5. The molecule has 0 aromatic carbocycles. The molecule has 156 valence electrons. The molecule has 5 heteroatoms. The van der Waals surface area contributed by atoms with Crippen molar-refractivity contribution >= 4 is 29.1 Å². The van der Waals surface area contributed by atoms with Gasteiger partial charge in [-0.25, -0.2) is 0 Å². The largest absolute Gasteiger partial charge is 0.452 e. The van der Waals surface area contributed by atoms with Gasteiger partial charge in [0.05, 0.1) is 0 Å². The number of carbonyl (C=O) groups is 3. The number of hydrogen-bond donors (Lipinski definition) is 0. The monoisotopic (exact) mass is 416 g/mol. The fourth-order valence-electron chi connectivity index (χ4n) is 7.66. The Morgan fingerprint density at radius 1 is 1.10 bits per heavy atom. The molecule has 29 heavy (non-hydrogen) atoms. The van der Waals surface area contributed by atoms with Gasteiger partial charge in [-0.2, -0.15) is 0 Å². The second kappa shape index (κ2) is 5.84. The van der Waals surface area contributed by atoms with Gasteiger partial charge in [0.25, 0.3) is 0 Å². The SMILES string of the molecule is CC(=O)O[C@]1(C)CC[C@H]2[C@@H]3C=C(Cl)C4=CC(=O)[C@@H]5C[C@@H]5[C@]4(C)[C@H]3CC[C@]2(C)C1=O. The maximum Gasteiger partial charge on any atom is 0.303 e. The Morgan fingerprint density at radius 2 is 1.79 bits per heavy atom. The molecule has 4 nitrogen and oxygen atoms in total. The number of ether oxygens (including phenoxy) is 1. The Balaban J connectivity index is 1.55. The van der Waals surface area contributed by atoms with E-state index in [4.69, 9.17) is 16.3 Å². The minimum atomic E-state index is -1.03. The number of carbonyl (C=O) groups excluding carboxylic acids is 3. The Morgan fingerprint density at radius 3 is 2.48 bits per heavy atom. The topological polar surface area (TPSA) is 60.4 Å². The Bertz CT molecular complexity index is 903. The molecule has 0 saturated heterocycles. The van der Waals surface area contributed by atoms with Crippen LogP contribution in [0.25, 0.3) is 0 Å². The fourth-order valence-corrected chi connectivity index (χ4v) is 8.07. The molecule has 3 saturated carbocycles. The molecule has 0 bridgehead atoms. The van der Waals surface area contributed by atoms with E-state index in [0.717, 1.165) is 31.3 Å². The van der Waals surface area contributed by atoms with E-state index in [2.05, 4.69) is 19.9 Å². The van der Waals surface area contributed by atoms with Gasteiger partial charge < -0.3 is 4.74 Å². The first-order chi connectivity index (χ1) is 13.5. The Kier molecular flexibility index (Phi) is 3.93. The quantitative estimate of drug-likeness (QED) is 0.586. The third-order valence-electron chi connectivity index (χ3n) is 9.18. The summed E-state index contributed by atoms with van der Waals surface area (Å²) >= 11 is 6.77. The van der Waals surface area contributed by atoms with Crippen molar-refractivity contribution in [1.82, 2.24) is 0 Å². The third-order valence-corrected chi connectivity index (χ3v) is 9.51. The molecule has 5 aliphatic carbocycles. The van der Waals surface area contributed by atoms with Gasteiger partial charge in [0.2, 0.25) is 0 Å². The van der Waals surface area contributed by atoms with E-state index < -0.39 is 17.0 Å². The van der Waals surface area contributed by atoms with Crippen molar-refractivity contribution in [2.24, 2.45) is 40.4 Å². The van der Waals surface area contributed by atoms with Gasteiger partial charge in [-0.3, -0.25) is 14.4 Å². The lowest BCUT2D eigenvalue weighted by molar-refractivity contribution is -0.182. The molecule has 0 aromatic rings. The second-order valence-electron chi connectivity index (χ2n) is 10.6. The summed E-state index contributed by atoms with van der Waals surface area (Å²) in [6.45, 7) is 7.52. The highest BCUT2D eigenvalue weighted by Crippen LogP contribution is 2.70. The summed E-state index contributed by atoms with van der Waals surface area (Å²) in [7, 11) is 0. The van der Waals surface area contributed by atoms with Crippen LogP contribution in [0.3, 0.4) is 0 Å². The van der Waals surface area contributed by atoms with Crippen LogP contribution in [0.1, 0.15) is 59.8 Å². The molecule has 0 radical (unpaired) electrons. The molecule has 0 heterocycles.